The third-order valence-corrected chi connectivity index (χ3v) is 9.80. The molecule has 0 saturated carbocycles. The molecule has 206 valence electrons. The molecule has 2 unspecified atom stereocenters. The fraction of sp³-hybridized carbons (Fsp3) is 0.400. The summed E-state index contributed by atoms with van der Waals surface area (Å²) >= 11 is 3.57. The number of aryl methyl sites for hydroxylation is 1. The first-order valence-corrected chi connectivity index (χ1v) is 14.2. The van der Waals surface area contributed by atoms with Gasteiger partial charge >= 0.3 is 11.9 Å². The quantitative estimate of drug-likeness (QED) is 0.0493. The third kappa shape index (κ3) is 4.65. The molecule has 19 heteroatoms. The standard InChI is InChI=1S/C20H23N11O5S3/c1-29-10-3-9(21)25-19(31(10)27-17(29)22)39-7-20(16(34)35)5-30-14(33)12(15(30)38-6-20)26-13(32)11(28-36-2)8-4-37-18(23)24-8/h3-4,12,15,21H,5-7H2,1-2H3,(H6,22,23,24,26,27,32,34,35)/p+1/t12?,15-,20?/m1/s1. The summed E-state index contributed by atoms with van der Waals surface area (Å²) in [5.41, 5.74) is 16.9. The summed E-state index contributed by atoms with van der Waals surface area (Å²) in [4.78, 5) is 53.0. The van der Waals surface area contributed by atoms with Crippen LogP contribution in [0.25, 0.3) is 5.65 Å². The van der Waals surface area contributed by atoms with Gasteiger partial charge in [-0.2, -0.15) is 4.98 Å². The Morgan fingerprint density at radius 2 is 2.15 bits per heavy atom. The number of β-lactam (4-membered cyclic amide) rings is 1. The molecule has 5 heterocycles. The number of anilines is 3. The maximum absolute atomic E-state index is 13.0. The minimum atomic E-state index is -1.28. The van der Waals surface area contributed by atoms with Crippen molar-refractivity contribution in [2.45, 2.75) is 16.6 Å². The number of nitrogen functional groups attached to an aromatic ring is 3. The molecule has 2 amide bonds. The predicted octanol–water partition coefficient (Wildman–Crippen LogP) is -1.63. The van der Waals surface area contributed by atoms with Gasteiger partial charge in [0.05, 0.1) is 7.05 Å². The lowest BCUT2D eigenvalue weighted by atomic mass is 9.89. The molecule has 3 aromatic heterocycles. The van der Waals surface area contributed by atoms with Crippen molar-refractivity contribution in [1.29, 1.82) is 0 Å². The maximum Gasteiger partial charge on any atom is 0.376 e. The Balaban J connectivity index is 1.30. The van der Waals surface area contributed by atoms with E-state index in [1.54, 1.807) is 23.1 Å². The lowest BCUT2D eigenvalue weighted by Gasteiger charge is -2.53. The summed E-state index contributed by atoms with van der Waals surface area (Å²) in [5, 5.41) is 22.6. The SMILES string of the molecule is CON=C(C(=O)NC1C(=O)N2CC(CSc3nc(N)cc4n3nc(N)[n+]4C)(C(=O)O)CS[C@H]12)c1csc(N)n1. The number of carbonyl (C=O) groups excluding carboxylic acids is 2. The second-order valence-corrected chi connectivity index (χ2v) is 11.8. The Bertz CT molecular complexity index is 1520. The van der Waals surface area contributed by atoms with Gasteiger partial charge in [-0.15, -0.1) is 23.1 Å². The highest BCUT2D eigenvalue weighted by atomic mass is 32.2. The van der Waals surface area contributed by atoms with Crippen molar-refractivity contribution in [3.05, 3.63) is 17.1 Å². The molecule has 2 aliphatic rings. The average Bonchev–Trinajstić information content (AvgIpc) is 3.46. The van der Waals surface area contributed by atoms with E-state index in [9.17, 15) is 19.5 Å². The van der Waals surface area contributed by atoms with Gasteiger partial charge in [-0.05, 0) is 0 Å². The first-order chi connectivity index (χ1) is 18.5. The minimum Gasteiger partial charge on any atom is -0.481 e. The van der Waals surface area contributed by atoms with Crippen molar-refractivity contribution < 1.29 is 28.9 Å². The largest absolute Gasteiger partial charge is 0.481 e. The summed E-state index contributed by atoms with van der Waals surface area (Å²) in [5.74, 6) is -1.36. The summed E-state index contributed by atoms with van der Waals surface area (Å²) < 4.78 is 3.13. The van der Waals surface area contributed by atoms with Crippen LogP contribution < -0.4 is 27.1 Å². The van der Waals surface area contributed by atoms with Crippen LogP contribution in [0.4, 0.5) is 16.9 Å². The summed E-state index contributed by atoms with van der Waals surface area (Å²) in [6, 6.07) is 0.753. The minimum absolute atomic E-state index is 0.0413. The maximum atomic E-state index is 13.0. The molecule has 0 radical (unpaired) electrons. The zero-order chi connectivity index (χ0) is 28.1. The van der Waals surface area contributed by atoms with Gasteiger partial charge in [0.25, 0.3) is 5.91 Å². The van der Waals surface area contributed by atoms with Crippen LogP contribution in [0.15, 0.2) is 21.8 Å². The zero-order valence-electron chi connectivity index (χ0n) is 20.6. The van der Waals surface area contributed by atoms with Crippen LogP contribution in [-0.4, -0.2) is 89.7 Å². The van der Waals surface area contributed by atoms with Crippen LogP contribution in [0.1, 0.15) is 5.69 Å². The first kappa shape index (κ1) is 26.8. The molecule has 3 atom stereocenters. The molecule has 16 nitrogen and oxygen atoms in total. The van der Waals surface area contributed by atoms with E-state index < -0.39 is 34.6 Å². The van der Waals surface area contributed by atoms with Crippen molar-refractivity contribution >= 4 is 80.9 Å². The van der Waals surface area contributed by atoms with Crippen molar-refractivity contribution in [2.75, 3.05) is 42.4 Å². The second-order valence-electron chi connectivity index (χ2n) is 8.84. The number of aliphatic carboxylic acids is 1. The summed E-state index contributed by atoms with van der Waals surface area (Å²) in [7, 11) is 3.01. The van der Waals surface area contributed by atoms with Crippen molar-refractivity contribution in [3.8, 4) is 0 Å². The summed E-state index contributed by atoms with van der Waals surface area (Å²) in [6.45, 7) is -0.0413. The number of nitrogens with zero attached hydrogens (tertiary/aromatic N) is 7. The van der Waals surface area contributed by atoms with Gasteiger partial charge in [0.1, 0.15) is 35.5 Å². The highest BCUT2D eigenvalue weighted by molar-refractivity contribution is 8.00. The van der Waals surface area contributed by atoms with E-state index in [1.807, 2.05) is 0 Å². The lowest BCUT2D eigenvalue weighted by Crippen LogP contribution is -2.74. The number of oxime groups is 1. The molecule has 2 fully saturated rings. The number of hydrogen-bond acceptors (Lipinski definition) is 14. The third-order valence-electron chi connectivity index (χ3n) is 6.31. The van der Waals surface area contributed by atoms with Crippen molar-refractivity contribution in [2.24, 2.45) is 17.6 Å². The van der Waals surface area contributed by atoms with E-state index in [0.717, 1.165) is 23.1 Å². The number of amides is 2. The molecule has 3 aromatic rings. The highest BCUT2D eigenvalue weighted by Crippen LogP contribution is 2.44. The normalized spacial score (nSPS) is 22.9. The Kier molecular flexibility index (Phi) is 6.89. The van der Waals surface area contributed by atoms with Crippen LogP contribution in [0.5, 0.6) is 0 Å². The van der Waals surface area contributed by atoms with Crippen LogP contribution in [0.3, 0.4) is 0 Å². The van der Waals surface area contributed by atoms with Crippen molar-refractivity contribution in [1.82, 2.24) is 29.8 Å². The number of hydrogen-bond donors (Lipinski definition) is 5. The Morgan fingerprint density at radius 1 is 1.38 bits per heavy atom. The summed E-state index contributed by atoms with van der Waals surface area (Å²) in [6.07, 6.45) is 0. The van der Waals surface area contributed by atoms with Crippen LogP contribution in [-0.2, 0) is 26.3 Å². The number of carboxylic acid groups (broad SMARTS) is 1. The molecule has 0 bridgehead atoms. The number of aromatic nitrogens is 5. The Morgan fingerprint density at radius 3 is 2.82 bits per heavy atom. The van der Waals surface area contributed by atoms with Crippen LogP contribution in [0.2, 0.25) is 0 Å². The molecule has 39 heavy (non-hydrogen) atoms. The van der Waals surface area contributed by atoms with E-state index in [0.29, 0.717) is 10.8 Å². The number of nitrogens with one attached hydrogen (secondary N) is 1. The molecule has 2 saturated heterocycles. The molecule has 0 aliphatic carbocycles. The zero-order valence-corrected chi connectivity index (χ0v) is 23.0. The first-order valence-electron chi connectivity index (χ1n) is 11.3. The van der Waals surface area contributed by atoms with Gasteiger partial charge in [0.2, 0.25) is 16.7 Å². The average molecular weight is 595 g/mol. The predicted molar refractivity (Wildman–Crippen MR) is 144 cm³/mol. The molecule has 5 rings (SSSR count). The number of fused-ring (bicyclic) bond motifs is 2. The molecular weight excluding hydrogens is 570 g/mol. The van der Waals surface area contributed by atoms with E-state index >= 15 is 0 Å². The van der Waals surface area contributed by atoms with Gasteiger partial charge in [-0.1, -0.05) is 21.4 Å². The van der Waals surface area contributed by atoms with Crippen LogP contribution in [0, 0.1) is 5.41 Å². The fourth-order valence-corrected chi connectivity index (χ4v) is 7.57. The van der Waals surface area contributed by atoms with Gasteiger partial charge in [-0.25, -0.2) is 9.55 Å². The number of carbonyl (C=O) groups is 3. The lowest BCUT2D eigenvalue weighted by molar-refractivity contribution is -0.631. The highest BCUT2D eigenvalue weighted by Gasteiger charge is 2.57. The monoisotopic (exact) mass is 594 g/mol. The number of thiazole rings is 1. The van der Waals surface area contributed by atoms with E-state index in [1.165, 1.54) is 28.3 Å². The molecule has 2 aliphatic heterocycles. The topological polar surface area (TPSA) is 233 Å². The van der Waals surface area contributed by atoms with Crippen LogP contribution >= 0.6 is 34.9 Å². The number of carboxylic acids is 1. The number of rotatable bonds is 8. The van der Waals surface area contributed by atoms with Gasteiger partial charge in [0.15, 0.2) is 10.8 Å². The van der Waals surface area contributed by atoms with Gasteiger partial charge < -0.3 is 37.4 Å². The molecule has 0 aromatic carbocycles. The van der Waals surface area contributed by atoms with Gasteiger partial charge in [0, 0.05) is 34.6 Å². The second kappa shape index (κ2) is 10.0. The Labute approximate surface area is 232 Å². The van der Waals surface area contributed by atoms with E-state index in [2.05, 4.69) is 25.5 Å². The Hall–Kier alpha value is -3.84. The number of nitrogens with two attached hydrogens (primary N) is 3. The van der Waals surface area contributed by atoms with Crippen molar-refractivity contribution in [3.63, 3.8) is 0 Å². The number of thioether (sulfide) groups is 2. The molecular formula is C20H24N11O5S3+. The fourth-order valence-electron chi connectivity index (χ4n) is 4.21. The van der Waals surface area contributed by atoms with Gasteiger partial charge in [-0.3, -0.25) is 14.4 Å². The smallest absolute Gasteiger partial charge is 0.376 e. The van der Waals surface area contributed by atoms with E-state index in [4.69, 9.17) is 22.0 Å². The molecule has 8 N–H and O–H groups in total. The molecule has 0 spiro atoms. The van der Waals surface area contributed by atoms with E-state index in [-0.39, 0.29) is 46.4 Å².